The van der Waals surface area contributed by atoms with Gasteiger partial charge in [-0.1, -0.05) is 24.3 Å². The van der Waals surface area contributed by atoms with E-state index in [9.17, 15) is 4.79 Å². The number of hydrogen-bond acceptors (Lipinski definition) is 3. The zero-order valence-corrected chi connectivity index (χ0v) is 12.7. The number of ether oxygens (including phenoxy) is 1. The predicted molar refractivity (Wildman–Crippen MR) is 82.8 cm³/mol. The molecule has 0 atom stereocenters. The maximum Gasteiger partial charge on any atom is 0.335 e. The first-order chi connectivity index (χ1) is 9.60. The summed E-state index contributed by atoms with van der Waals surface area (Å²) in [7, 11) is 0. The van der Waals surface area contributed by atoms with Gasteiger partial charge in [0.2, 0.25) is 0 Å². The van der Waals surface area contributed by atoms with Gasteiger partial charge in [-0.2, -0.15) is 0 Å². The third kappa shape index (κ3) is 3.71. The van der Waals surface area contributed by atoms with E-state index in [0.717, 1.165) is 14.7 Å². The van der Waals surface area contributed by atoms with Crippen LogP contribution in [0, 0.1) is 3.57 Å². The minimum absolute atomic E-state index is 0.0136. The highest BCUT2D eigenvalue weighted by Gasteiger charge is 2.08. The van der Waals surface area contributed by atoms with Crippen molar-refractivity contribution in [2.75, 3.05) is 0 Å². The van der Waals surface area contributed by atoms with Crippen molar-refractivity contribution >= 4 is 28.6 Å². The Hall–Kier alpha value is -1.60. The molecule has 0 bridgehead atoms. The first kappa shape index (κ1) is 14.8. The molecule has 0 saturated heterocycles. The second-order valence-corrected chi connectivity index (χ2v) is 5.38. The average molecular weight is 384 g/mol. The number of rotatable bonds is 5. The van der Waals surface area contributed by atoms with Gasteiger partial charge >= 0.3 is 5.97 Å². The monoisotopic (exact) mass is 384 g/mol. The zero-order valence-electron chi connectivity index (χ0n) is 10.5. The molecule has 20 heavy (non-hydrogen) atoms. The van der Waals surface area contributed by atoms with Crippen molar-refractivity contribution in [1.29, 1.82) is 0 Å². The van der Waals surface area contributed by atoms with Crippen LogP contribution >= 0.6 is 22.6 Å². The molecule has 0 aliphatic carbocycles. The summed E-state index contributed by atoms with van der Waals surface area (Å²) >= 11 is 2.10. The fourth-order valence-electron chi connectivity index (χ4n) is 1.65. The lowest BCUT2D eigenvalue weighted by atomic mass is 10.1. The molecule has 0 unspecified atom stereocenters. The van der Waals surface area contributed by atoms with Crippen LogP contribution in [0.5, 0.6) is 5.75 Å². The van der Waals surface area contributed by atoms with Crippen LogP contribution in [0.4, 0.5) is 0 Å². The van der Waals surface area contributed by atoms with E-state index >= 15 is 0 Å². The second kappa shape index (κ2) is 6.71. The maximum absolute atomic E-state index is 10.9. The summed E-state index contributed by atoms with van der Waals surface area (Å²) in [5.74, 6) is -0.421. The molecule has 0 aromatic heterocycles. The highest BCUT2D eigenvalue weighted by Crippen LogP contribution is 2.23. The summed E-state index contributed by atoms with van der Waals surface area (Å²) < 4.78 is 6.51. The van der Waals surface area contributed by atoms with Crippen molar-refractivity contribution in [3.63, 3.8) is 0 Å². The Morgan fingerprint density at radius 3 is 2.35 bits per heavy atom. The summed E-state index contributed by atoms with van der Waals surface area (Å²) in [6.45, 7) is 0.366. The van der Waals surface area contributed by atoms with Crippen LogP contribution in [0.25, 0.3) is 0 Å². The Morgan fingerprint density at radius 2 is 1.75 bits per heavy atom. The number of aromatic carboxylic acids is 1. The van der Waals surface area contributed by atoms with E-state index in [-0.39, 0.29) is 12.2 Å². The van der Waals surface area contributed by atoms with Crippen molar-refractivity contribution in [2.45, 2.75) is 13.2 Å². The molecule has 0 amide bonds. The number of hydrogen-bond donors (Lipinski definition) is 2. The van der Waals surface area contributed by atoms with Gasteiger partial charge in [0.1, 0.15) is 12.4 Å². The number of halogens is 1. The van der Waals surface area contributed by atoms with Crippen LogP contribution in [-0.4, -0.2) is 16.2 Å². The fraction of sp³-hybridized carbons (Fsp3) is 0.133. The van der Waals surface area contributed by atoms with Crippen molar-refractivity contribution in [1.82, 2.24) is 0 Å². The largest absolute Gasteiger partial charge is 0.488 e. The van der Waals surface area contributed by atoms with Crippen molar-refractivity contribution in [3.8, 4) is 5.75 Å². The molecular weight excluding hydrogens is 371 g/mol. The Kier molecular flexibility index (Phi) is 4.97. The molecule has 0 aliphatic heterocycles. The smallest absolute Gasteiger partial charge is 0.335 e. The standard InChI is InChI=1S/C15H13IO4/c16-13-6-5-12(15(18)19)7-14(13)20-9-11-3-1-10(8-17)2-4-11/h1-7,17H,8-9H2,(H,18,19). The van der Waals surface area contributed by atoms with E-state index < -0.39 is 5.97 Å². The predicted octanol–water partition coefficient (Wildman–Crippen LogP) is 3.06. The molecule has 2 aromatic carbocycles. The van der Waals surface area contributed by atoms with Crippen LogP contribution in [0.2, 0.25) is 0 Å². The quantitative estimate of drug-likeness (QED) is 0.778. The maximum atomic E-state index is 10.9. The SMILES string of the molecule is O=C(O)c1ccc(I)c(OCc2ccc(CO)cc2)c1. The molecule has 2 aromatic rings. The van der Waals surface area contributed by atoms with E-state index in [0.29, 0.717) is 12.4 Å². The van der Waals surface area contributed by atoms with Crippen LogP contribution in [0.1, 0.15) is 21.5 Å². The molecule has 0 radical (unpaired) electrons. The number of benzene rings is 2. The lowest BCUT2D eigenvalue weighted by molar-refractivity contribution is 0.0696. The van der Waals surface area contributed by atoms with Gasteiger partial charge < -0.3 is 14.9 Å². The Bertz CT molecular complexity index is 608. The van der Waals surface area contributed by atoms with Crippen molar-refractivity contribution < 1.29 is 19.7 Å². The summed E-state index contributed by atoms with van der Waals surface area (Å²) in [4.78, 5) is 10.9. The van der Waals surface area contributed by atoms with E-state index in [1.807, 2.05) is 24.3 Å². The first-order valence-corrected chi connectivity index (χ1v) is 7.02. The number of aliphatic hydroxyl groups is 1. The number of aliphatic hydroxyl groups excluding tert-OH is 1. The molecule has 2 rings (SSSR count). The minimum Gasteiger partial charge on any atom is -0.488 e. The summed E-state index contributed by atoms with van der Waals surface area (Å²) in [6.07, 6.45) is 0. The number of carbonyl (C=O) groups is 1. The topological polar surface area (TPSA) is 66.8 Å². The second-order valence-electron chi connectivity index (χ2n) is 4.21. The van der Waals surface area contributed by atoms with Gasteiger partial charge in [0.15, 0.2) is 0 Å². The average Bonchev–Trinajstić information content (AvgIpc) is 2.46. The van der Waals surface area contributed by atoms with E-state index in [2.05, 4.69) is 22.6 Å². The van der Waals surface area contributed by atoms with Crippen molar-refractivity contribution in [2.24, 2.45) is 0 Å². The molecule has 2 N–H and O–H groups in total. The van der Waals surface area contributed by atoms with Gasteiger partial charge in [0.05, 0.1) is 15.7 Å². The normalized spacial score (nSPS) is 10.3. The van der Waals surface area contributed by atoms with Gasteiger partial charge in [-0.3, -0.25) is 0 Å². The van der Waals surface area contributed by atoms with E-state index in [1.165, 1.54) is 6.07 Å². The number of carboxylic acids is 1. The lowest BCUT2D eigenvalue weighted by Gasteiger charge is -2.09. The molecule has 4 nitrogen and oxygen atoms in total. The molecule has 0 heterocycles. The first-order valence-electron chi connectivity index (χ1n) is 5.94. The molecule has 104 valence electrons. The van der Waals surface area contributed by atoms with Crippen LogP contribution < -0.4 is 4.74 Å². The van der Waals surface area contributed by atoms with E-state index in [4.69, 9.17) is 14.9 Å². The Balaban J connectivity index is 2.09. The van der Waals surface area contributed by atoms with Gasteiger partial charge in [-0.25, -0.2) is 4.79 Å². The molecule has 0 saturated carbocycles. The molecule has 0 spiro atoms. The van der Waals surface area contributed by atoms with Gasteiger partial charge in [0, 0.05) is 0 Å². The fourth-order valence-corrected chi connectivity index (χ4v) is 2.14. The summed E-state index contributed by atoms with van der Waals surface area (Å²) in [5.41, 5.74) is 2.01. The third-order valence-electron chi connectivity index (χ3n) is 2.78. The Morgan fingerprint density at radius 1 is 1.10 bits per heavy atom. The number of carboxylic acid groups (broad SMARTS) is 1. The van der Waals surface area contributed by atoms with Crippen LogP contribution in [0.15, 0.2) is 42.5 Å². The van der Waals surface area contributed by atoms with Crippen LogP contribution in [0.3, 0.4) is 0 Å². The highest BCUT2D eigenvalue weighted by atomic mass is 127. The van der Waals surface area contributed by atoms with Crippen molar-refractivity contribution in [3.05, 3.63) is 62.7 Å². The summed E-state index contributed by atoms with van der Waals surface area (Å²) in [5, 5.41) is 17.9. The summed E-state index contributed by atoms with van der Waals surface area (Å²) in [6, 6.07) is 12.2. The minimum atomic E-state index is -0.974. The zero-order chi connectivity index (χ0) is 14.5. The highest BCUT2D eigenvalue weighted by molar-refractivity contribution is 14.1. The van der Waals surface area contributed by atoms with E-state index in [1.54, 1.807) is 12.1 Å². The van der Waals surface area contributed by atoms with Gasteiger partial charge in [-0.15, -0.1) is 0 Å². The molecular formula is C15H13IO4. The molecule has 0 fully saturated rings. The Labute approximate surface area is 130 Å². The lowest BCUT2D eigenvalue weighted by Crippen LogP contribution is -2.01. The molecule has 0 aliphatic rings. The van der Waals surface area contributed by atoms with Gasteiger partial charge in [-0.05, 0) is 51.9 Å². The third-order valence-corrected chi connectivity index (χ3v) is 3.67. The van der Waals surface area contributed by atoms with Gasteiger partial charge in [0.25, 0.3) is 0 Å². The van der Waals surface area contributed by atoms with Crippen LogP contribution in [-0.2, 0) is 13.2 Å². The molecule has 5 heteroatoms.